The van der Waals surface area contributed by atoms with Crippen LogP contribution in [-0.4, -0.2) is 11.1 Å². The fourth-order valence-electron chi connectivity index (χ4n) is 0.694. The highest BCUT2D eigenvalue weighted by Gasteiger charge is 2.11. The van der Waals surface area contributed by atoms with Crippen LogP contribution in [0.5, 0.6) is 0 Å². The van der Waals surface area contributed by atoms with Gasteiger partial charge in [-0.2, -0.15) is 0 Å². The molecule has 0 amide bonds. The van der Waals surface area contributed by atoms with E-state index in [1.165, 1.54) is 0 Å². The molecule has 0 fully saturated rings. The van der Waals surface area contributed by atoms with Crippen molar-refractivity contribution in [3.8, 4) is 0 Å². The molecular formula is C8H14O2. The van der Waals surface area contributed by atoms with E-state index in [4.69, 9.17) is 5.11 Å². The molecule has 10 heavy (non-hydrogen) atoms. The van der Waals surface area contributed by atoms with Crippen LogP contribution in [0, 0.1) is 5.92 Å². The predicted octanol–water partition coefficient (Wildman–Crippen LogP) is 2.06. The van der Waals surface area contributed by atoms with E-state index < -0.39 is 5.97 Å². The minimum absolute atomic E-state index is 0.333. The van der Waals surface area contributed by atoms with Gasteiger partial charge >= 0.3 is 5.97 Å². The van der Waals surface area contributed by atoms with E-state index in [0.717, 1.165) is 12.0 Å². The monoisotopic (exact) mass is 142 g/mol. The summed E-state index contributed by atoms with van der Waals surface area (Å²) in [5.74, 6) is -1.08. The van der Waals surface area contributed by atoms with Gasteiger partial charge in [-0.25, -0.2) is 0 Å². The topological polar surface area (TPSA) is 37.3 Å². The Kier molecular flexibility index (Phi) is 3.77. The average Bonchev–Trinajstić information content (AvgIpc) is 1.87. The lowest BCUT2D eigenvalue weighted by Crippen LogP contribution is -2.10. The lowest BCUT2D eigenvalue weighted by Gasteiger charge is -2.04. The second-order valence-corrected chi connectivity index (χ2v) is 2.42. The first-order valence-corrected chi connectivity index (χ1v) is 3.49. The molecule has 0 aromatic rings. The van der Waals surface area contributed by atoms with Crippen molar-refractivity contribution >= 4 is 5.97 Å². The summed E-state index contributed by atoms with van der Waals surface area (Å²) >= 11 is 0. The molecule has 1 atom stereocenters. The van der Waals surface area contributed by atoms with Gasteiger partial charge in [0.25, 0.3) is 0 Å². The SMILES string of the molecule is CC/C=C(\C)C(C)C(=O)O. The second kappa shape index (κ2) is 4.09. The van der Waals surface area contributed by atoms with Gasteiger partial charge in [0.2, 0.25) is 0 Å². The van der Waals surface area contributed by atoms with Crippen molar-refractivity contribution in [2.24, 2.45) is 5.92 Å². The van der Waals surface area contributed by atoms with Gasteiger partial charge in [-0.05, 0) is 20.3 Å². The van der Waals surface area contributed by atoms with Gasteiger partial charge in [0.1, 0.15) is 0 Å². The van der Waals surface area contributed by atoms with Crippen molar-refractivity contribution < 1.29 is 9.90 Å². The number of hydrogen-bond acceptors (Lipinski definition) is 1. The largest absolute Gasteiger partial charge is 0.481 e. The van der Waals surface area contributed by atoms with E-state index in [1.54, 1.807) is 6.92 Å². The Labute approximate surface area is 61.6 Å². The van der Waals surface area contributed by atoms with Crippen molar-refractivity contribution in [3.05, 3.63) is 11.6 Å². The molecule has 0 aromatic heterocycles. The third kappa shape index (κ3) is 2.67. The van der Waals surface area contributed by atoms with Crippen molar-refractivity contribution in [2.45, 2.75) is 27.2 Å². The molecule has 0 heterocycles. The maximum Gasteiger partial charge on any atom is 0.310 e. The van der Waals surface area contributed by atoms with Gasteiger partial charge in [0, 0.05) is 0 Å². The van der Waals surface area contributed by atoms with Gasteiger partial charge in [-0.1, -0.05) is 18.6 Å². The van der Waals surface area contributed by atoms with E-state index in [9.17, 15) is 4.79 Å². The third-order valence-corrected chi connectivity index (χ3v) is 1.58. The quantitative estimate of drug-likeness (QED) is 0.612. The van der Waals surface area contributed by atoms with E-state index in [-0.39, 0.29) is 5.92 Å². The van der Waals surface area contributed by atoms with Gasteiger partial charge in [-0.3, -0.25) is 4.79 Å². The molecule has 0 aliphatic heterocycles. The molecule has 0 aromatic carbocycles. The van der Waals surface area contributed by atoms with E-state index in [0.29, 0.717) is 0 Å². The standard InChI is InChI=1S/C8H14O2/c1-4-5-6(2)7(3)8(9)10/h5,7H,4H2,1-3H3,(H,9,10)/b6-5+. The van der Waals surface area contributed by atoms with Crippen LogP contribution < -0.4 is 0 Å². The van der Waals surface area contributed by atoms with Crippen molar-refractivity contribution in [1.29, 1.82) is 0 Å². The molecule has 0 aliphatic rings. The molecule has 0 radical (unpaired) electrons. The second-order valence-electron chi connectivity index (χ2n) is 2.42. The molecule has 0 rings (SSSR count). The number of rotatable bonds is 3. The van der Waals surface area contributed by atoms with Gasteiger partial charge < -0.3 is 5.11 Å². The zero-order chi connectivity index (χ0) is 8.15. The Hall–Kier alpha value is -0.790. The van der Waals surface area contributed by atoms with Crippen molar-refractivity contribution in [3.63, 3.8) is 0 Å². The highest BCUT2D eigenvalue weighted by Crippen LogP contribution is 2.09. The van der Waals surface area contributed by atoms with Crippen LogP contribution >= 0.6 is 0 Å². The molecule has 2 nitrogen and oxygen atoms in total. The normalized spacial score (nSPS) is 14.9. The summed E-state index contributed by atoms with van der Waals surface area (Å²) in [6.07, 6.45) is 2.85. The number of carboxylic acid groups (broad SMARTS) is 1. The van der Waals surface area contributed by atoms with E-state index in [1.807, 2.05) is 19.9 Å². The summed E-state index contributed by atoms with van der Waals surface area (Å²) in [6, 6.07) is 0. The molecule has 0 aliphatic carbocycles. The maximum atomic E-state index is 10.4. The average molecular weight is 142 g/mol. The third-order valence-electron chi connectivity index (χ3n) is 1.58. The highest BCUT2D eigenvalue weighted by atomic mass is 16.4. The first-order valence-electron chi connectivity index (χ1n) is 3.49. The summed E-state index contributed by atoms with van der Waals surface area (Å²) < 4.78 is 0. The minimum atomic E-state index is -0.748. The maximum absolute atomic E-state index is 10.4. The molecule has 1 N–H and O–H groups in total. The van der Waals surface area contributed by atoms with Crippen LogP contribution in [-0.2, 0) is 4.79 Å². The summed E-state index contributed by atoms with van der Waals surface area (Å²) in [5.41, 5.74) is 0.940. The number of carboxylic acids is 1. The fraction of sp³-hybridized carbons (Fsp3) is 0.625. The van der Waals surface area contributed by atoms with E-state index in [2.05, 4.69) is 0 Å². The Morgan fingerprint density at radius 2 is 2.20 bits per heavy atom. The van der Waals surface area contributed by atoms with Gasteiger partial charge in [-0.15, -0.1) is 0 Å². The molecule has 0 saturated carbocycles. The lowest BCUT2D eigenvalue weighted by molar-refractivity contribution is -0.139. The lowest BCUT2D eigenvalue weighted by atomic mass is 10.0. The number of hydrogen-bond donors (Lipinski definition) is 1. The molecule has 0 spiro atoms. The molecule has 58 valence electrons. The zero-order valence-electron chi connectivity index (χ0n) is 6.72. The summed E-state index contributed by atoms with van der Waals surface area (Å²) in [4.78, 5) is 10.4. The Morgan fingerprint density at radius 3 is 2.50 bits per heavy atom. The highest BCUT2D eigenvalue weighted by molar-refractivity contribution is 5.72. The Balaban J connectivity index is 4.06. The summed E-state index contributed by atoms with van der Waals surface area (Å²) in [6.45, 7) is 5.55. The number of carbonyl (C=O) groups is 1. The number of allylic oxidation sites excluding steroid dienone is 1. The summed E-state index contributed by atoms with van der Waals surface area (Å²) in [7, 11) is 0. The summed E-state index contributed by atoms with van der Waals surface area (Å²) in [5, 5.41) is 8.54. The first kappa shape index (κ1) is 9.21. The number of aliphatic carboxylic acids is 1. The molecule has 0 bridgehead atoms. The van der Waals surface area contributed by atoms with Crippen LogP contribution in [0.1, 0.15) is 27.2 Å². The minimum Gasteiger partial charge on any atom is -0.481 e. The Morgan fingerprint density at radius 1 is 1.70 bits per heavy atom. The van der Waals surface area contributed by atoms with Crippen LogP contribution in [0.15, 0.2) is 11.6 Å². The van der Waals surface area contributed by atoms with Gasteiger partial charge in [0.15, 0.2) is 0 Å². The Bertz CT molecular complexity index is 147. The van der Waals surface area contributed by atoms with E-state index >= 15 is 0 Å². The van der Waals surface area contributed by atoms with Crippen molar-refractivity contribution in [2.75, 3.05) is 0 Å². The van der Waals surface area contributed by atoms with Crippen LogP contribution in [0.3, 0.4) is 0 Å². The van der Waals surface area contributed by atoms with Crippen LogP contribution in [0.25, 0.3) is 0 Å². The molecule has 1 unspecified atom stereocenters. The molecule has 2 heteroatoms. The van der Waals surface area contributed by atoms with Crippen LogP contribution in [0.2, 0.25) is 0 Å². The fourth-order valence-corrected chi connectivity index (χ4v) is 0.694. The molecular weight excluding hydrogens is 128 g/mol. The zero-order valence-corrected chi connectivity index (χ0v) is 6.72. The first-order chi connectivity index (χ1) is 4.59. The molecule has 0 saturated heterocycles. The van der Waals surface area contributed by atoms with Gasteiger partial charge in [0.05, 0.1) is 5.92 Å². The smallest absolute Gasteiger partial charge is 0.310 e. The van der Waals surface area contributed by atoms with Crippen molar-refractivity contribution in [1.82, 2.24) is 0 Å². The predicted molar refractivity (Wildman–Crippen MR) is 40.8 cm³/mol. The van der Waals surface area contributed by atoms with Crippen LogP contribution in [0.4, 0.5) is 0 Å².